The Morgan fingerprint density at radius 1 is 0.352 bits per heavy atom. The fourth-order valence-electron chi connectivity index (χ4n) is 8.53. The molecular formula is C52H41N6Na5O20S5+4. The molecule has 0 saturated carbocycles. The summed E-state index contributed by atoms with van der Waals surface area (Å²) >= 11 is 0. The van der Waals surface area contributed by atoms with Gasteiger partial charge in [-0.2, -0.15) is 0 Å². The third-order valence-corrected chi connectivity index (χ3v) is 16.8. The molecule has 88 heavy (non-hydrogen) atoms. The number of amides is 6. The summed E-state index contributed by atoms with van der Waals surface area (Å²) in [5.41, 5.74) is 0.993. The summed E-state index contributed by atoms with van der Waals surface area (Å²) in [5.74, 6) is -3.17. The molecule has 0 aliphatic carbocycles. The van der Waals surface area contributed by atoms with Crippen LogP contribution in [0.5, 0.6) is 0 Å². The van der Waals surface area contributed by atoms with E-state index in [0.29, 0.717) is 23.3 Å². The van der Waals surface area contributed by atoms with Gasteiger partial charge in [-0.15, -0.1) is 16.8 Å². The number of rotatable bonds is 15. The topological polar surface area (TPSA) is 443 Å². The number of urea groups is 1. The minimum atomic E-state index is -5.73. The van der Waals surface area contributed by atoms with E-state index in [1.807, 2.05) is 0 Å². The number of anilines is 6. The zero-order valence-electron chi connectivity index (χ0n) is 47.6. The first-order valence-corrected chi connectivity index (χ1v) is 30.6. The van der Waals surface area contributed by atoms with Gasteiger partial charge in [0.05, 0.1) is 20.4 Å². The second kappa shape index (κ2) is 30.6. The monoisotopic (exact) mass is 1340 g/mol. The van der Waals surface area contributed by atoms with Gasteiger partial charge in [-0.05, 0) is 147 Å². The molecule has 0 saturated heterocycles. The van der Waals surface area contributed by atoms with E-state index in [-0.39, 0.29) is 221 Å². The van der Waals surface area contributed by atoms with E-state index in [0.717, 1.165) is 24.3 Å². The van der Waals surface area contributed by atoms with Gasteiger partial charge >= 0.3 is 174 Å². The number of benzene rings is 8. The number of hydrogen-bond donors (Lipinski definition) is 6. The molecule has 36 heteroatoms. The SMILES string of the molecule is Cc1ccc(C(=O)Nc2ccc(S(=O)(=O)[OH2+])c3cc(S(=O)(=O)[OH2+])cc(C)c23)cc1NC(=O)c1cccc(NC(=O)Nc2cccc(C(=O)Nc3cc(C(=O)Nc4ccc(S(=O)(=O)[O-])c5cc(S(=O)(=O)[O-])cc(S(=O)(=O)[O-])c45)ccc3C)c2)c1.[Na+].[Na+].[Na+].[Na+].[Na+]. The van der Waals surface area contributed by atoms with Gasteiger partial charge in [0.15, 0.2) is 4.90 Å². The first kappa shape index (κ1) is 78.2. The Kier molecular flexibility index (Phi) is 27.2. The molecule has 8 rings (SSSR count). The van der Waals surface area contributed by atoms with Crippen molar-refractivity contribution in [2.75, 3.05) is 31.9 Å². The Balaban J connectivity index is 0.00000405. The quantitative estimate of drug-likeness (QED) is 0.0315. The number of aryl methyl sites for hydroxylation is 3. The van der Waals surface area contributed by atoms with Crippen LogP contribution < -0.4 is 180 Å². The molecule has 0 radical (unpaired) electrons. The maximum absolute atomic E-state index is 13.7. The maximum atomic E-state index is 13.7. The van der Waals surface area contributed by atoms with Crippen LogP contribution in [-0.4, -0.2) is 94.5 Å². The van der Waals surface area contributed by atoms with Crippen LogP contribution in [0.3, 0.4) is 0 Å². The largest absolute Gasteiger partial charge is 1.00 e. The second-order valence-corrected chi connectivity index (χ2v) is 25.2. The van der Waals surface area contributed by atoms with Crippen LogP contribution in [-0.2, 0) is 50.6 Å². The van der Waals surface area contributed by atoms with Gasteiger partial charge in [0, 0.05) is 72.2 Å². The molecule has 0 atom stereocenters. The van der Waals surface area contributed by atoms with Gasteiger partial charge in [-0.3, -0.25) is 19.2 Å². The van der Waals surface area contributed by atoms with Gasteiger partial charge in [0.1, 0.15) is 35.2 Å². The molecule has 430 valence electrons. The third kappa shape index (κ3) is 18.6. The van der Waals surface area contributed by atoms with E-state index in [4.69, 9.17) is 9.11 Å². The number of fused-ring (bicyclic) bond motifs is 2. The Labute approximate surface area is 613 Å². The Morgan fingerprint density at radius 2 is 0.739 bits per heavy atom. The fraction of sp³-hybridized carbons (Fsp3) is 0.0577. The van der Waals surface area contributed by atoms with E-state index in [1.54, 1.807) is 19.9 Å². The summed E-state index contributed by atoms with van der Waals surface area (Å²) in [7, 11) is -26.0. The minimum Gasteiger partial charge on any atom is -0.744 e. The smallest absolute Gasteiger partial charge is 0.744 e. The molecule has 0 bridgehead atoms. The molecule has 6 amide bonds. The molecular weight excluding hydrogens is 1300 g/mol. The third-order valence-electron chi connectivity index (χ3n) is 12.4. The molecule has 0 unspecified atom stereocenters. The molecule has 0 spiro atoms. The summed E-state index contributed by atoms with van der Waals surface area (Å²) in [5, 5.41) is 13.5. The normalized spacial score (nSPS) is 11.4. The molecule has 0 aromatic heterocycles. The zero-order chi connectivity index (χ0) is 60.9. The van der Waals surface area contributed by atoms with Crippen LogP contribution in [0, 0.1) is 20.8 Å². The van der Waals surface area contributed by atoms with Crippen molar-refractivity contribution in [2.45, 2.75) is 45.2 Å². The van der Waals surface area contributed by atoms with E-state index >= 15 is 0 Å². The summed E-state index contributed by atoms with van der Waals surface area (Å²) < 4.78 is 173. The Bertz CT molecular complexity index is 4780. The van der Waals surface area contributed by atoms with Crippen molar-refractivity contribution in [3.63, 3.8) is 0 Å². The Hall–Kier alpha value is -4.02. The first-order chi connectivity index (χ1) is 38.6. The van der Waals surface area contributed by atoms with Crippen LogP contribution >= 0.6 is 0 Å². The summed E-state index contributed by atoms with van der Waals surface area (Å²) in [6, 6.07) is 25.0. The number of hydrogen-bond acceptors (Lipinski definition) is 18. The average Bonchev–Trinajstić information content (AvgIpc) is 0.897. The number of carbonyl (C=O) groups is 5. The molecule has 0 fully saturated rings. The van der Waals surface area contributed by atoms with Crippen molar-refractivity contribution >= 4 is 136 Å². The predicted molar refractivity (Wildman–Crippen MR) is 298 cm³/mol. The van der Waals surface area contributed by atoms with E-state index in [9.17, 15) is 79.7 Å². The maximum Gasteiger partial charge on any atom is 1.00 e. The van der Waals surface area contributed by atoms with Gasteiger partial charge in [-0.25, -0.2) is 30.0 Å². The van der Waals surface area contributed by atoms with Crippen molar-refractivity contribution in [3.05, 3.63) is 172 Å². The molecule has 0 aliphatic rings. The molecule has 10 N–H and O–H groups in total. The van der Waals surface area contributed by atoms with Gasteiger partial charge in [-0.1, -0.05) is 24.3 Å². The standard InChI is InChI=1S/C52H42N6O20S5.5Na/c1-26-10-12-31(50(61)55-39-14-16-43(81(70,71)72)37-23-35(79(64,65)66)18-28(3)46(37)39)21-41(26)57-48(59)29-6-4-8-33(19-29)53-52(63)54-34-9-5-7-30(20-34)49(60)58-42-22-32(13-11-27(42)2)51(62)56-40-15-17-44(82(73,74)75)38-24-36(80(67,68)69)25-45(47(38)40)83(76,77)78;;;;;/h4-25H,1-3H3,(H,55,61)(H,56,62)(H,57,59)(H,58,60)(H2,53,54,63)(H,64,65,66)(H,67,68,69)(H,70,71,72)(H,73,74,75)(H,76,77,78);;;;;/q;5*+1/p-1. The van der Waals surface area contributed by atoms with E-state index in [1.165, 1.54) is 91.9 Å². The molecule has 8 aromatic carbocycles. The summed E-state index contributed by atoms with van der Waals surface area (Å²) in [6.07, 6.45) is 0. The predicted octanol–water partition coefficient (Wildman–Crippen LogP) is -9.87. The van der Waals surface area contributed by atoms with Crippen LogP contribution in [0.15, 0.2) is 158 Å². The zero-order valence-corrected chi connectivity index (χ0v) is 61.7. The molecule has 0 aliphatic heterocycles. The van der Waals surface area contributed by atoms with Gasteiger partial charge < -0.3 is 54.7 Å². The fourth-order valence-corrected chi connectivity index (χ4v) is 11.8. The first-order valence-electron chi connectivity index (χ1n) is 23.4. The molecule has 0 heterocycles. The van der Waals surface area contributed by atoms with E-state index < -0.39 is 121 Å². The van der Waals surface area contributed by atoms with Crippen molar-refractivity contribution in [1.82, 2.24) is 0 Å². The van der Waals surface area contributed by atoms with Crippen LogP contribution in [0.4, 0.5) is 38.9 Å². The van der Waals surface area contributed by atoms with Crippen LogP contribution in [0.2, 0.25) is 0 Å². The molecule has 26 nitrogen and oxygen atoms in total. The number of nitrogens with one attached hydrogen (secondary N) is 6. The van der Waals surface area contributed by atoms with Gasteiger partial charge in [0.25, 0.3) is 23.6 Å². The van der Waals surface area contributed by atoms with Crippen molar-refractivity contribution in [3.8, 4) is 0 Å². The van der Waals surface area contributed by atoms with Crippen LogP contribution in [0.1, 0.15) is 58.1 Å². The summed E-state index contributed by atoms with van der Waals surface area (Å²) in [4.78, 5) is 62.7. The van der Waals surface area contributed by atoms with Crippen LogP contribution in [0.25, 0.3) is 21.5 Å². The van der Waals surface area contributed by atoms with Crippen molar-refractivity contribution in [1.29, 1.82) is 0 Å². The molecule has 8 aromatic rings. The van der Waals surface area contributed by atoms with E-state index in [2.05, 4.69) is 31.9 Å². The van der Waals surface area contributed by atoms with Crippen molar-refractivity contribution < 1.29 is 237 Å². The Morgan fingerprint density at radius 3 is 1.15 bits per heavy atom. The second-order valence-electron chi connectivity index (χ2n) is 18.2. The number of carbonyl (C=O) groups excluding carboxylic acids is 5. The van der Waals surface area contributed by atoms with Gasteiger partial charge in [0.2, 0.25) is 0 Å². The van der Waals surface area contributed by atoms with Crippen molar-refractivity contribution in [2.24, 2.45) is 0 Å². The minimum absolute atomic E-state index is 0. The summed E-state index contributed by atoms with van der Waals surface area (Å²) in [6.45, 7) is 4.66. The average molecular weight is 1350 g/mol.